The van der Waals surface area contributed by atoms with Gasteiger partial charge in [0.25, 0.3) is 0 Å². The van der Waals surface area contributed by atoms with Crippen LogP contribution < -0.4 is 0 Å². The maximum atomic E-state index is 4.72. The Morgan fingerprint density at radius 1 is 0.724 bits per heavy atom. The predicted octanol–water partition coefficient (Wildman–Crippen LogP) is 7.26. The van der Waals surface area contributed by atoms with Crippen LogP contribution >= 0.6 is 0 Å². The molecule has 0 radical (unpaired) electrons. The fourth-order valence-corrected chi connectivity index (χ4v) is 3.80. The standard InChI is InChI=1S/C26H19N3/c1-3-28-26-15-21-10-19(8-9-20(21)14-25(26)27-2)23-12-22-11-17-6-4-5-7-18(17)13-24(22)29-16-23/h3-16H,2H2,1H3. The molecule has 1 aromatic heterocycles. The van der Waals surface area contributed by atoms with Gasteiger partial charge in [-0.15, -0.1) is 0 Å². The van der Waals surface area contributed by atoms with Crippen molar-refractivity contribution in [3.8, 4) is 11.1 Å². The van der Waals surface area contributed by atoms with Gasteiger partial charge in [0, 0.05) is 23.4 Å². The van der Waals surface area contributed by atoms with Gasteiger partial charge in [-0.1, -0.05) is 36.4 Å². The fraction of sp³-hybridized carbons (Fsp3) is 0.0385. The van der Waals surface area contributed by atoms with Crippen LogP contribution in [0, 0.1) is 0 Å². The van der Waals surface area contributed by atoms with E-state index in [9.17, 15) is 0 Å². The zero-order valence-corrected chi connectivity index (χ0v) is 16.1. The summed E-state index contributed by atoms with van der Waals surface area (Å²) in [5, 5.41) is 5.81. The first kappa shape index (κ1) is 17.3. The second-order valence-corrected chi connectivity index (χ2v) is 7.06. The summed E-state index contributed by atoms with van der Waals surface area (Å²) in [4.78, 5) is 13.2. The molecule has 0 bridgehead atoms. The SMILES string of the molecule is C=Nc1cc2ccc(-c3cnc4cc5ccccc5cc4c3)cc2cc1N=CC. The maximum Gasteiger partial charge on any atom is 0.0888 e. The Morgan fingerprint density at radius 2 is 1.45 bits per heavy atom. The normalized spacial score (nSPS) is 11.6. The molecule has 29 heavy (non-hydrogen) atoms. The first-order valence-corrected chi connectivity index (χ1v) is 9.57. The fourth-order valence-electron chi connectivity index (χ4n) is 3.80. The molecule has 0 aliphatic rings. The molecule has 5 rings (SSSR count). The summed E-state index contributed by atoms with van der Waals surface area (Å²) in [5.74, 6) is 0. The number of aliphatic imine (C=N–C) groups is 2. The van der Waals surface area contributed by atoms with E-state index in [-0.39, 0.29) is 0 Å². The van der Waals surface area contributed by atoms with Gasteiger partial charge in [-0.3, -0.25) is 15.0 Å². The molecule has 4 aromatic carbocycles. The van der Waals surface area contributed by atoms with Gasteiger partial charge in [-0.25, -0.2) is 0 Å². The van der Waals surface area contributed by atoms with Gasteiger partial charge >= 0.3 is 0 Å². The number of aromatic nitrogens is 1. The molecule has 0 aliphatic carbocycles. The number of fused-ring (bicyclic) bond motifs is 3. The van der Waals surface area contributed by atoms with Crippen molar-refractivity contribution in [3.63, 3.8) is 0 Å². The highest BCUT2D eigenvalue weighted by Crippen LogP contribution is 2.35. The minimum atomic E-state index is 0.794. The molecule has 0 spiro atoms. The van der Waals surface area contributed by atoms with Gasteiger partial charge < -0.3 is 0 Å². The summed E-state index contributed by atoms with van der Waals surface area (Å²) in [6, 6.07) is 25.5. The molecule has 0 saturated carbocycles. The lowest BCUT2D eigenvalue weighted by Gasteiger charge is -2.08. The Kier molecular flexibility index (Phi) is 4.14. The number of pyridine rings is 1. The second kappa shape index (κ2) is 6.95. The van der Waals surface area contributed by atoms with Crippen LogP contribution in [0.4, 0.5) is 11.4 Å². The molecule has 3 heteroatoms. The van der Waals surface area contributed by atoms with Gasteiger partial charge in [0.1, 0.15) is 0 Å². The van der Waals surface area contributed by atoms with Crippen LogP contribution in [-0.4, -0.2) is 17.9 Å². The van der Waals surface area contributed by atoms with Crippen molar-refractivity contribution in [1.82, 2.24) is 4.98 Å². The predicted molar refractivity (Wildman–Crippen MR) is 125 cm³/mol. The minimum Gasteiger partial charge on any atom is -0.262 e. The average Bonchev–Trinajstić information content (AvgIpc) is 2.76. The quantitative estimate of drug-likeness (QED) is 0.242. The monoisotopic (exact) mass is 373 g/mol. The van der Waals surface area contributed by atoms with Gasteiger partial charge in [0.05, 0.1) is 16.9 Å². The van der Waals surface area contributed by atoms with Gasteiger partial charge in [0.2, 0.25) is 0 Å². The summed E-state index contributed by atoms with van der Waals surface area (Å²) >= 11 is 0. The Balaban J connectivity index is 1.66. The lowest BCUT2D eigenvalue weighted by atomic mass is 9.99. The third-order valence-corrected chi connectivity index (χ3v) is 5.25. The molecule has 0 N–H and O–H groups in total. The molecular weight excluding hydrogens is 354 g/mol. The number of benzene rings is 4. The smallest absolute Gasteiger partial charge is 0.0888 e. The minimum absolute atomic E-state index is 0.794. The van der Waals surface area contributed by atoms with Gasteiger partial charge in [-0.2, -0.15) is 0 Å². The van der Waals surface area contributed by atoms with Crippen molar-refractivity contribution >= 4 is 56.8 Å². The lowest BCUT2D eigenvalue weighted by Crippen LogP contribution is -1.85. The van der Waals surface area contributed by atoms with Crippen LogP contribution in [0.5, 0.6) is 0 Å². The van der Waals surface area contributed by atoms with Crippen LogP contribution in [0.3, 0.4) is 0 Å². The number of hydrogen-bond donors (Lipinski definition) is 0. The van der Waals surface area contributed by atoms with E-state index in [1.807, 2.05) is 19.2 Å². The van der Waals surface area contributed by atoms with Crippen molar-refractivity contribution < 1.29 is 0 Å². The van der Waals surface area contributed by atoms with E-state index in [1.54, 1.807) is 6.21 Å². The highest BCUT2D eigenvalue weighted by atomic mass is 14.8. The molecule has 0 aliphatic heterocycles. The average molecular weight is 373 g/mol. The van der Waals surface area contributed by atoms with Gasteiger partial charge in [-0.05, 0) is 77.1 Å². The van der Waals surface area contributed by atoms with E-state index in [2.05, 4.69) is 83.4 Å². The molecule has 138 valence electrons. The van der Waals surface area contributed by atoms with E-state index in [4.69, 9.17) is 4.98 Å². The molecule has 1 heterocycles. The Labute approximate surface area is 169 Å². The van der Waals surface area contributed by atoms with E-state index >= 15 is 0 Å². The van der Waals surface area contributed by atoms with Crippen LogP contribution in [0.1, 0.15) is 6.92 Å². The second-order valence-electron chi connectivity index (χ2n) is 7.06. The molecule has 0 fully saturated rings. The van der Waals surface area contributed by atoms with E-state index in [0.717, 1.165) is 44.2 Å². The van der Waals surface area contributed by atoms with Gasteiger partial charge in [0.15, 0.2) is 0 Å². The van der Waals surface area contributed by atoms with Crippen molar-refractivity contribution in [1.29, 1.82) is 0 Å². The largest absolute Gasteiger partial charge is 0.262 e. The van der Waals surface area contributed by atoms with E-state index in [0.29, 0.717) is 0 Å². The highest BCUT2D eigenvalue weighted by molar-refractivity contribution is 5.99. The topological polar surface area (TPSA) is 37.6 Å². The van der Waals surface area contributed by atoms with Crippen LogP contribution in [0.15, 0.2) is 89.0 Å². The van der Waals surface area contributed by atoms with Crippen molar-refractivity contribution in [3.05, 3.63) is 79.0 Å². The Bertz CT molecular complexity index is 1430. The highest BCUT2D eigenvalue weighted by Gasteiger charge is 2.07. The summed E-state index contributed by atoms with van der Waals surface area (Å²) in [5.41, 5.74) is 4.86. The summed E-state index contributed by atoms with van der Waals surface area (Å²) in [6.07, 6.45) is 3.72. The zero-order chi connectivity index (χ0) is 19.8. The Hall–Kier alpha value is -3.85. The summed E-state index contributed by atoms with van der Waals surface area (Å²) in [6.45, 7) is 5.56. The van der Waals surface area contributed by atoms with E-state index < -0.39 is 0 Å². The lowest BCUT2D eigenvalue weighted by molar-refractivity contribution is 1.41. The molecule has 0 saturated heterocycles. The maximum absolute atomic E-state index is 4.72. The Morgan fingerprint density at radius 3 is 2.24 bits per heavy atom. The number of rotatable bonds is 3. The first-order valence-electron chi connectivity index (χ1n) is 9.57. The summed E-state index contributed by atoms with van der Waals surface area (Å²) in [7, 11) is 0. The van der Waals surface area contributed by atoms with Crippen LogP contribution in [0.2, 0.25) is 0 Å². The van der Waals surface area contributed by atoms with Crippen molar-refractivity contribution in [2.75, 3.05) is 0 Å². The van der Waals surface area contributed by atoms with Crippen molar-refractivity contribution in [2.45, 2.75) is 6.92 Å². The first-order chi connectivity index (χ1) is 14.2. The number of nitrogens with zero attached hydrogens (tertiary/aromatic N) is 3. The third kappa shape index (κ3) is 3.07. The molecular formula is C26H19N3. The van der Waals surface area contributed by atoms with Crippen molar-refractivity contribution in [2.24, 2.45) is 9.98 Å². The molecule has 0 unspecified atom stereocenters. The molecule has 0 atom stereocenters. The molecule has 0 amide bonds. The van der Waals surface area contributed by atoms with E-state index in [1.165, 1.54) is 10.8 Å². The zero-order valence-electron chi connectivity index (χ0n) is 16.1. The summed E-state index contributed by atoms with van der Waals surface area (Å²) < 4.78 is 0. The molecule has 3 nitrogen and oxygen atoms in total. The van der Waals surface area contributed by atoms with Crippen LogP contribution in [0.25, 0.3) is 43.6 Å². The number of hydrogen-bond acceptors (Lipinski definition) is 3. The third-order valence-electron chi connectivity index (χ3n) is 5.25. The molecule has 5 aromatic rings. The van der Waals surface area contributed by atoms with Crippen LogP contribution in [-0.2, 0) is 0 Å².